The summed E-state index contributed by atoms with van der Waals surface area (Å²) in [5.41, 5.74) is 3.12. The number of benzene rings is 4. The molecule has 0 bridgehead atoms. The summed E-state index contributed by atoms with van der Waals surface area (Å²) in [6, 6.07) is 21.5. The summed E-state index contributed by atoms with van der Waals surface area (Å²) in [6.07, 6.45) is 0. The Balaban J connectivity index is 0.00000378. The van der Waals surface area contributed by atoms with Crippen molar-refractivity contribution in [2.24, 2.45) is 10.2 Å². The Morgan fingerprint density at radius 2 is 1.53 bits per heavy atom. The van der Waals surface area contributed by atoms with E-state index < -0.39 is 53.4 Å². The van der Waals surface area contributed by atoms with Crippen LogP contribution in [0.4, 0.5) is 22.1 Å². The number of nitrogens with one attached hydrogen (secondary N) is 2. The summed E-state index contributed by atoms with van der Waals surface area (Å²) < 4.78 is 99.7. The van der Waals surface area contributed by atoms with Gasteiger partial charge in [-0.15, -0.1) is 10.2 Å². The van der Waals surface area contributed by atoms with E-state index in [1.807, 2.05) is 49.1 Å². The van der Waals surface area contributed by atoms with Gasteiger partial charge in [0.1, 0.15) is 10.1 Å². The molecule has 1 amide bonds. The monoisotopic (exact) mass is 816 g/mol. The summed E-state index contributed by atoms with van der Waals surface area (Å²) in [4.78, 5) is 14.8. The normalized spacial score (nSPS) is 11.9. The van der Waals surface area contributed by atoms with Crippen LogP contribution in [0.5, 0.6) is 0 Å². The van der Waals surface area contributed by atoms with E-state index in [9.17, 15) is 39.2 Å². The van der Waals surface area contributed by atoms with Gasteiger partial charge in [0.25, 0.3) is 5.91 Å². The van der Waals surface area contributed by atoms with Crippen LogP contribution in [0.2, 0.25) is 0 Å². The number of amides is 1. The number of aromatic nitrogens is 1. The summed E-state index contributed by atoms with van der Waals surface area (Å²) in [5.74, 6) is -1.59. The van der Waals surface area contributed by atoms with Gasteiger partial charge in [0, 0.05) is 36.1 Å². The number of hydrogen-bond acceptors (Lipinski definition) is 14. The van der Waals surface area contributed by atoms with E-state index in [4.69, 9.17) is 0 Å². The SMILES string of the molecule is CCN(CC)c1c(NC(=O)c2cccc(S(=O)(=O)[O-])c2)cc(N=Nc2snc3ccc(S(=O)(=O)NCCS(=O)(=O)[O-])cc23)cc1-c1ccccc1.[Na+].[Na+]. The summed E-state index contributed by atoms with van der Waals surface area (Å²) in [5, 5.41) is 12.2. The molecule has 5 rings (SSSR count). The third kappa shape index (κ3) is 11.4. The molecular weight excluding hydrogens is 787 g/mol. The summed E-state index contributed by atoms with van der Waals surface area (Å²) in [6.45, 7) is 4.42. The van der Waals surface area contributed by atoms with Crippen LogP contribution < -0.4 is 74.1 Å². The van der Waals surface area contributed by atoms with Crippen LogP contribution in [0, 0.1) is 0 Å². The second kappa shape index (κ2) is 18.8. The molecule has 0 spiro atoms. The molecular formula is C32H30N6Na2O9S4. The number of carbonyl (C=O) groups is 1. The predicted molar refractivity (Wildman–Crippen MR) is 191 cm³/mol. The molecule has 15 nitrogen and oxygen atoms in total. The van der Waals surface area contributed by atoms with Crippen molar-refractivity contribution in [2.75, 3.05) is 35.6 Å². The maximum Gasteiger partial charge on any atom is 1.00 e. The first-order chi connectivity index (χ1) is 24.1. The van der Waals surface area contributed by atoms with Crippen molar-refractivity contribution < 1.29 is 98.3 Å². The molecule has 0 saturated carbocycles. The smallest absolute Gasteiger partial charge is 0.748 e. The van der Waals surface area contributed by atoms with Crippen molar-refractivity contribution in [1.82, 2.24) is 9.10 Å². The first-order valence-corrected chi connectivity index (χ1v) is 20.4. The Morgan fingerprint density at radius 3 is 2.17 bits per heavy atom. The molecule has 0 fully saturated rings. The van der Waals surface area contributed by atoms with E-state index in [-0.39, 0.29) is 74.6 Å². The molecule has 0 atom stereocenters. The van der Waals surface area contributed by atoms with Crippen LogP contribution in [0.15, 0.2) is 105 Å². The van der Waals surface area contributed by atoms with Crippen LogP contribution in [0.1, 0.15) is 24.2 Å². The van der Waals surface area contributed by atoms with E-state index in [1.165, 1.54) is 30.3 Å². The number of anilines is 2. The Morgan fingerprint density at radius 1 is 0.830 bits per heavy atom. The molecule has 2 N–H and O–H groups in total. The minimum atomic E-state index is -4.82. The molecule has 1 heterocycles. The van der Waals surface area contributed by atoms with Gasteiger partial charge in [-0.2, -0.15) is 4.37 Å². The second-order valence-corrected chi connectivity index (χ2v) is 16.3. The average molecular weight is 817 g/mol. The quantitative estimate of drug-likeness (QED) is 0.0802. The number of carbonyl (C=O) groups excluding carboxylic acids is 1. The van der Waals surface area contributed by atoms with E-state index in [2.05, 4.69) is 24.6 Å². The minimum Gasteiger partial charge on any atom is -0.748 e. The van der Waals surface area contributed by atoms with Crippen LogP contribution in [0.3, 0.4) is 0 Å². The van der Waals surface area contributed by atoms with E-state index in [1.54, 1.807) is 12.1 Å². The fourth-order valence-corrected chi connectivity index (χ4v) is 7.85. The number of azo groups is 1. The zero-order valence-electron chi connectivity index (χ0n) is 29.0. The Kier molecular flexibility index (Phi) is 15.9. The Bertz CT molecular complexity index is 2460. The molecule has 21 heteroatoms. The van der Waals surface area contributed by atoms with Gasteiger partial charge < -0.3 is 19.3 Å². The zero-order valence-corrected chi connectivity index (χ0v) is 36.3. The van der Waals surface area contributed by atoms with Gasteiger partial charge in [0.05, 0.1) is 48.2 Å². The zero-order chi connectivity index (χ0) is 37.0. The molecule has 53 heavy (non-hydrogen) atoms. The predicted octanol–water partition coefficient (Wildman–Crippen LogP) is -0.787. The molecule has 268 valence electrons. The van der Waals surface area contributed by atoms with Gasteiger partial charge in [-0.05, 0) is 79.5 Å². The van der Waals surface area contributed by atoms with Crippen LogP contribution in [-0.2, 0) is 30.3 Å². The molecule has 5 aromatic rings. The van der Waals surface area contributed by atoms with Crippen LogP contribution >= 0.6 is 11.5 Å². The van der Waals surface area contributed by atoms with Crippen molar-refractivity contribution in [3.63, 3.8) is 0 Å². The first-order valence-electron chi connectivity index (χ1n) is 15.2. The van der Waals surface area contributed by atoms with Gasteiger partial charge in [-0.1, -0.05) is 36.4 Å². The molecule has 4 aromatic carbocycles. The topological polar surface area (TPSA) is 231 Å². The molecule has 0 radical (unpaired) electrons. The second-order valence-electron chi connectivity index (χ2n) is 10.9. The van der Waals surface area contributed by atoms with Crippen molar-refractivity contribution in [3.8, 4) is 11.1 Å². The van der Waals surface area contributed by atoms with Gasteiger partial charge in [0.15, 0.2) is 5.00 Å². The maximum absolute atomic E-state index is 13.5. The van der Waals surface area contributed by atoms with Crippen molar-refractivity contribution in [2.45, 2.75) is 23.6 Å². The van der Waals surface area contributed by atoms with E-state index in [0.717, 1.165) is 29.2 Å². The molecule has 0 unspecified atom stereocenters. The van der Waals surface area contributed by atoms with Crippen LogP contribution in [0.25, 0.3) is 22.0 Å². The summed E-state index contributed by atoms with van der Waals surface area (Å²) >= 11 is 0.955. The van der Waals surface area contributed by atoms with E-state index >= 15 is 0 Å². The van der Waals surface area contributed by atoms with Crippen LogP contribution in [-0.4, -0.2) is 70.0 Å². The maximum atomic E-state index is 13.5. The largest absolute Gasteiger partial charge is 1.00 e. The molecule has 0 saturated heterocycles. The van der Waals surface area contributed by atoms with Crippen molar-refractivity contribution in [3.05, 3.63) is 90.5 Å². The number of hydrogen-bond donors (Lipinski definition) is 2. The van der Waals surface area contributed by atoms with Crippen molar-refractivity contribution in [1.29, 1.82) is 0 Å². The molecule has 1 aromatic heterocycles. The first kappa shape index (κ1) is 44.8. The standard InChI is InChI=1S/C32H32N6O9S4.2Na/c1-3-38(4-2)30-26(21-9-6-5-7-10-21)18-23(19-29(30)34-31(39)22-11-8-12-25(17-22)51(45,46)47)35-36-32-27-20-24(13-14-28(27)37-48-32)50(43,44)33-15-16-49(40,41)42;;/h5-14,17-20,33H,3-4,15-16H2,1-2H3,(H,34,39)(H,40,41,42)(H,45,46,47);;/q;2*+1/p-2. The average Bonchev–Trinajstić information content (AvgIpc) is 3.50. The van der Waals surface area contributed by atoms with E-state index in [0.29, 0.717) is 46.6 Å². The third-order valence-corrected chi connectivity index (χ3v) is 11.3. The van der Waals surface area contributed by atoms with Gasteiger partial charge in [-0.3, -0.25) is 4.79 Å². The summed E-state index contributed by atoms with van der Waals surface area (Å²) in [7, 11) is -13.6. The third-order valence-electron chi connectivity index (χ3n) is 7.53. The van der Waals surface area contributed by atoms with Gasteiger partial charge in [-0.25, -0.2) is 30.0 Å². The molecule has 0 aliphatic heterocycles. The Labute approximate surface area is 355 Å². The van der Waals surface area contributed by atoms with Gasteiger partial charge in [0.2, 0.25) is 10.0 Å². The fourth-order valence-electron chi connectivity index (χ4n) is 5.11. The fraction of sp³-hybridized carbons (Fsp3) is 0.188. The number of rotatable bonds is 14. The minimum absolute atomic E-state index is 0. The molecule has 0 aliphatic rings. The number of fused-ring (bicyclic) bond motifs is 1. The van der Waals surface area contributed by atoms with Crippen molar-refractivity contribution >= 4 is 80.7 Å². The van der Waals surface area contributed by atoms with Gasteiger partial charge >= 0.3 is 59.1 Å². The molecule has 0 aliphatic carbocycles. The number of sulfonamides is 1. The number of nitrogens with zero attached hydrogens (tertiary/aromatic N) is 4. The Hall–Kier alpha value is -2.63.